The first-order chi connectivity index (χ1) is 7.11. The highest BCUT2D eigenvalue weighted by atomic mass is 16.5. The number of likely N-dealkylation sites (tertiary alicyclic amines) is 1. The van der Waals surface area contributed by atoms with Crippen LogP contribution in [0.15, 0.2) is 12.2 Å². The van der Waals surface area contributed by atoms with Crippen LogP contribution >= 0.6 is 0 Å². The fraction of sp³-hybridized carbons (Fsp3) is 0.636. The lowest BCUT2D eigenvalue weighted by Crippen LogP contribution is -2.35. The van der Waals surface area contributed by atoms with E-state index in [9.17, 15) is 9.59 Å². The summed E-state index contributed by atoms with van der Waals surface area (Å²) in [5.41, 5.74) is 0. The average molecular weight is 207 g/mol. The van der Waals surface area contributed by atoms with Gasteiger partial charge in [-0.25, -0.2) is 0 Å². The van der Waals surface area contributed by atoms with Crippen molar-refractivity contribution in [2.75, 3.05) is 7.05 Å². The van der Waals surface area contributed by atoms with Crippen LogP contribution in [-0.4, -0.2) is 36.0 Å². The monoisotopic (exact) mass is 207 g/mol. The van der Waals surface area contributed by atoms with E-state index in [0.717, 1.165) is 0 Å². The number of hydrogen-bond acceptors (Lipinski definition) is 3. The molecule has 0 saturated carbocycles. The van der Waals surface area contributed by atoms with Crippen molar-refractivity contribution in [3.05, 3.63) is 12.2 Å². The Kier molecular flexibility index (Phi) is 1.63. The molecule has 4 heteroatoms. The molecule has 3 rings (SSSR count). The number of carbonyl (C=O) groups is 2. The van der Waals surface area contributed by atoms with Crippen LogP contribution in [0.4, 0.5) is 0 Å². The van der Waals surface area contributed by atoms with E-state index in [4.69, 9.17) is 4.74 Å². The summed E-state index contributed by atoms with van der Waals surface area (Å²) in [7, 11) is 1.56. The zero-order valence-corrected chi connectivity index (χ0v) is 8.71. The van der Waals surface area contributed by atoms with Crippen LogP contribution < -0.4 is 0 Å². The predicted octanol–water partition coefficient (Wildman–Crippen LogP) is 0.191. The van der Waals surface area contributed by atoms with Crippen molar-refractivity contribution in [2.24, 2.45) is 17.8 Å². The topological polar surface area (TPSA) is 46.6 Å². The number of carbonyl (C=O) groups excluding carboxylic acids is 2. The molecule has 2 fully saturated rings. The maximum atomic E-state index is 11.9. The molecule has 0 unspecified atom stereocenters. The molecular weight excluding hydrogens is 194 g/mol. The van der Waals surface area contributed by atoms with Gasteiger partial charge in [0.15, 0.2) is 0 Å². The van der Waals surface area contributed by atoms with Crippen molar-refractivity contribution in [2.45, 2.75) is 19.1 Å². The van der Waals surface area contributed by atoms with Gasteiger partial charge in [0.25, 0.3) is 0 Å². The number of imide groups is 1. The third-order valence-electron chi connectivity index (χ3n) is 3.76. The minimum absolute atomic E-state index is 0.0759. The molecule has 2 bridgehead atoms. The largest absolute Gasteiger partial charge is 0.369 e. The van der Waals surface area contributed by atoms with Crippen LogP contribution in [0.1, 0.15) is 6.92 Å². The van der Waals surface area contributed by atoms with Gasteiger partial charge in [0, 0.05) is 13.0 Å². The Morgan fingerprint density at radius 3 is 2.60 bits per heavy atom. The highest BCUT2D eigenvalue weighted by Crippen LogP contribution is 2.45. The quantitative estimate of drug-likeness (QED) is 0.421. The Bertz CT molecular complexity index is 376. The molecule has 0 radical (unpaired) electrons. The van der Waals surface area contributed by atoms with E-state index in [2.05, 4.69) is 6.08 Å². The maximum Gasteiger partial charge on any atom is 0.235 e. The van der Waals surface area contributed by atoms with E-state index in [0.29, 0.717) is 0 Å². The maximum absolute atomic E-state index is 11.9. The van der Waals surface area contributed by atoms with E-state index >= 15 is 0 Å². The molecule has 0 aromatic rings. The van der Waals surface area contributed by atoms with Crippen molar-refractivity contribution < 1.29 is 14.3 Å². The first kappa shape index (κ1) is 9.09. The van der Waals surface area contributed by atoms with Gasteiger partial charge >= 0.3 is 0 Å². The second-order valence-electron chi connectivity index (χ2n) is 4.60. The lowest BCUT2D eigenvalue weighted by molar-refractivity contribution is -0.142. The summed E-state index contributed by atoms with van der Waals surface area (Å²) in [6.45, 7) is 2.02. The molecule has 2 amide bonds. The Balaban J connectivity index is 2.05. The molecule has 0 N–H and O–H groups in total. The molecule has 80 valence electrons. The number of hydrogen-bond donors (Lipinski definition) is 0. The fourth-order valence-electron chi connectivity index (χ4n) is 2.91. The van der Waals surface area contributed by atoms with Gasteiger partial charge in [-0.05, 0) is 0 Å². The molecule has 3 heterocycles. The SMILES string of the molecule is C[C@H]1C=C[C@@H]2O[C@H]1[C@H]1C(=O)N(C)C(=O)[C@H]12. The second-order valence-corrected chi connectivity index (χ2v) is 4.60. The van der Waals surface area contributed by atoms with Gasteiger partial charge < -0.3 is 4.74 Å². The number of rotatable bonds is 0. The van der Waals surface area contributed by atoms with Crippen LogP contribution in [0.25, 0.3) is 0 Å². The van der Waals surface area contributed by atoms with Crippen molar-refractivity contribution in [1.29, 1.82) is 0 Å². The van der Waals surface area contributed by atoms with Gasteiger partial charge in [0.1, 0.15) is 0 Å². The molecule has 0 aromatic heterocycles. The lowest BCUT2D eigenvalue weighted by Gasteiger charge is -2.25. The first-order valence-electron chi connectivity index (χ1n) is 5.26. The highest BCUT2D eigenvalue weighted by molar-refractivity contribution is 6.06. The van der Waals surface area contributed by atoms with Crippen LogP contribution in [0, 0.1) is 17.8 Å². The smallest absolute Gasteiger partial charge is 0.235 e. The summed E-state index contributed by atoms with van der Waals surface area (Å²) < 4.78 is 5.71. The van der Waals surface area contributed by atoms with E-state index in [1.165, 1.54) is 4.90 Å². The minimum Gasteiger partial charge on any atom is -0.369 e. The molecule has 15 heavy (non-hydrogen) atoms. The zero-order chi connectivity index (χ0) is 10.7. The van der Waals surface area contributed by atoms with Crippen LogP contribution in [0.3, 0.4) is 0 Å². The minimum atomic E-state index is -0.270. The third-order valence-corrected chi connectivity index (χ3v) is 3.76. The Morgan fingerprint density at radius 2 is 1.87 bits per heavy atom. The number of ether oxygens (including phenoxy) is 1. The van der Waals surface area contributed by atoms with E-state index in [1.54, 1.807) is 7.05 Å². The highest BCUT2D eigenvalue weighted by Gasteiger charge is 2.60. The normalized spacial score (nSPS) is 47.6. The Labute approximate surface area is 87.9 Å². The van der Waals surface area contributed by atoms with Crippen LogP contribution in [0.5, 0.6) is 0 Å². The van der Waals surface area contributed by atoms with Crippen molar-refractivity contribution >= 4 is 11.8 Å². The molecule has 3 aliphatic heterocycles. The van der Waals surface area contributed by atoms with Crippen LogP contribution in [-0.2, 0) is 14.3 Å². The van der Waals surface area contributed by atoms with Gasteiger partial charge in [-0.15, -0.1) is 0 Å². The van der Waals surface area contributed by atoms with Gasteiger partial charge in [0.05, 0.1) is 24.0 Å². The summed E-state index contributed by atoms with van der Waals surface area (Å²) in [6.07, 6.45) is 3.69. The van der Waals surface area contributed by atoms with Gasteiger partial charge in [-0.2, -0.15) is 0 Å². The van der Waals surface area contributed by atoms with Crippen LogP contribution in [0.2, 0.25) is 0 Å². The second kappa shape index (κ2) is 2.70. The van der Waals surface area contributed by atoms with Crippen molar-refractivity contribution in [1.82, 2.24) is 4.90 Å². The molecular formula is C11H13NO3. The molecule has 0 aliphatic carbocycles. The molecule has 2 saturated heterocycles. The summed E-state index contributed by atoms with van der Waals surface area (Å²) in [5.74, 6) is -0.463. The molecule has 0 aromatic carbocycles. The standard InChI is InChI=1S/C11H13NO3/c1-5-3-4-6-7-8(9(5)15-6)11(14)12(2)10(7)13/h3-9H,1-2H3/t5-,6-,7-,8-,9+/m0/s1. The van der Waals surface area contributed by atoms with Gasteiger partial charge in [-0.3, -0.25) is 14.5 Å². The molecule has 3 aliphatic rings. The van der Waals surface area contributed by atoms with E-state index in [-0.39, 0.29) is 41.8 Å². The first-order valence-corrected chi connectivity index (χ1v) is 5.26. The van der Waals surface area contributed by atoms with Gasteiger partial charge in [0.2, 0.25) is 11.8 Å². The lowest BCUT2D eigenvalue weighted by atomic mass is 9.87. The predicted molar refractivity (Wildman–Crippen MR) is 51.7 cm³/mol. The van der Waals surface area contributed by atoms with E-state index in [1.807, 2.05) is 13.0 Å². The fourth-order valence-corrected chi connectivity index (χ4v) is 2.91. The molecule has 4 nitrogen and oxygen atoms in total. The summed E-state index contributed by atoms with van der Waals surface area (Å²) in [5, 5.41) is 0. The average Bonchev–Trinajstić information content (AvgIpc) is 2.65. The van der Waals surface area contributed by atoms with E-state index < -0.39 is 0 Å². The zero-order valence-electron chi connectivity index (χ0n) is 8.71. The molecule has 5 atom stereocenters. The Morgan fingerprint density at radius 1 is 1.20 bits per heavy atom. The molecule has 0 spiro atoms. The Hall–Kier alpha value is -1.16. The summed E-state index contributed by atoms with van der Waals surface area (Å²) >= 11 is 0. The third kappa shape index (κ3) is 0.951. The van der Waals surface area contributed by atoms with Crippen molar-refractivity contribution in [3.8, 4) is 0 Å². The van der Waals surface area contributed by atoms with Gasteiger partial charge in [-0.1, -0.05) is 19.1 Å². The number of fused-ring (bicyclic) bond motifs is 5. The number of amides is 2. The van der Waals surface area contributed by atoms with Crippen molar-refractivity contribution in [3.63, 3.8) is 0 Å². The number of nitrogens with zero attached hydrogens (tertiary/aromatic N) is 1. The summed E-state index contributed by atoms with van der Waals surface area (Å²) in [6, 6.07) is 0. The summed E-state index contributed by atoms with van der Waals surface area (Å²) in [4.78, 5) is 25.0.